The first kappa shape index (κ1) is 17.1. The second kappa shape index (κ2) is 7.92. The van der Waals surface area contributed by atoms with Gasteiger partial charge in [-0.05, 0) is 43.5 Å². The molecule has 1 aliphatic heterocycles. The van der Waals surface area contributed by atoms with Crippen molar-refractivity contribution in [3.8, 4) is 5.88 Å². The average Bonchev–Trinajstić information content (AvgIpc) is 2.63. The third kappa shape index (κ3) is 4.89. The molecule has 1 aromatic heterocycles. The standard InChI is InChI=1S/C18H21FN4O2/c1-13-4-9-17(22-21-13)25-16-3-2-10-23(12-16)18(24)20-11-14-5-7-15(19)8-6-14/h4-9,16H,2-3,10-12H2,1H3,(H,20,24)/t16-/m1/s1. The molecular weight excluding hydrogens is 323 g/mol. The van der Waals surface area contributed by atoms with Gasteiger partial charge in [-0.3, -0.25) is 0 Å². The summed E-state index contributed by atoms with van der Waals surface area (Å²) in [4.78, 5) is 14.1. The zero-order valence-corrected chi connectivity index (χ0v) is 14.1. The van der Waals surface area contributed by atoms with E-state index in [4.69, 9.17) is 4.74 Å². The van der Waals surface area contributed by atoms with Crippen LogP contribution in [0.4, 0.5) is 9.18 Å². The molecule has 1 aromatic carbocycles. The minimum atomic E-state index is -0.287. The fraction of sp³-hybridized carbons (Fsp3) is 0.389. The molecule has 132 valence electrons. The summed E-state index contributed by atoms with van der Waals surface area (Å²) in [5.41, 5.74) is 1.69. The summed E-state index contributed by atoms with van der Waals surface area (Å²) >= 11 is 0. The quantitative estimate of drug-likeness (QED) is 0.926. The highest BCUT2D eigenvalue weighted by Gasteiger charge is 2.25. The van der Waals surface area contributed by atoms with Crippen LogP contribution in [0.2, 0.25) is 0 Å². The van der Waals surface area contributed by atoms with Gasteiger partial charge in [-0.1, -0.05) is 12.1 Å². The highest BCUT2D eigenvalue weighted by molar-refractivity contribution is 5.74. The van der Waals surface area contributed by atoms with Crippen LogP contribution in [-0.2, 0) is 6.54 Å². The molecule has 0 saturated carbocycles. The molecule has 2 amide bonds. The first-order valence-electron chi connectivity index (χ1n) is 8.34. The van der Waals surface area contributed by atoms with Crippen LogP contribution in [0.15, 0.2) is 36.4 Å². The average molecular weight is 344 g/mol. The van der Waals surface area contributed by atoms with Crippen molar-refractivity contribution in [3.05, 3.63) is 53.5 Å². The zero-order valence-electron chi connectivity index (χ0n) is 14.1. The topological polar surface area (TPSA) is 67.3 Å². The van der Waals surface area contributed by atoms with Crippen molar-refractivity contribution >= 4 is 6.03 Å². The number of ether oxygens (including phenoxy) is 1. The predicted octanol–water partition coefficient (Wildman–Crippen LogP) is 2.68. The number of aryl methyl sites for hydroxylation is 1. The van der Waals surface area contributed by atoms with Gasteiger partial charge in [-0.25, -0.2) is 9.18 Å². The molecule has 1 saturated heterocycles. The molecule has 1 atom stereocenters. The number of urea groups is 1. The number of aromatic nitrogens is 2. The number of likely N-dealkylation sites (tertiary alicyclic amines) is 1. The molecule has 0 spiro atoms. The third-order valence-electron chi connectivity index (χ3n) is 4.08. The largest absolute Gasteiger partial charge is 0.471 e. The SMILES string of the molecule is Cc1ccc(O[C@@H]2CCCN(C(=O)NCc3ccc(F)cc3)C2)nn1. The Hall–Kier alpha value is -2.70. The maximum atomic E-state index is 12.9. The van der Waals surface area contributed by atoms with Gasteiger partial charge in [0, 0.05) is 19.2 Å². The van der Waals surface area contributed by atoms with Crippen molar-refractivity contribution < 1.29 is 13.9 Å². The Morgan fingerprint density at radius 2 is 2.08 bits per heavy atom. The maximum Gasteiger partial charge on any atom is 0.317 e. The van der Waals surface area contributed by atoms with E-state index >= 15 is 0 Å². The molecule has 0 radical (unpaired) electrons. The van der Waals surface area contributed by atoms with Crippen molar-refractivity contribution in [2.75, 3.05) is 13.1 Å². The summed E-state index contributed by atoms with van der Waals surface area (Å²) in [7, 11) is 0. The minimum absolute atomic E-state index is 0.0951. The normalized spacial score (nSPS) is 17.2. The van der Waals surface area contributed by atoms with E-state index in [0.717, 1.165) is 24.1 Å². The lowest BCUT2D eigenvalue weighted by atomic mass is 10.1. The Bertz CT molecular complexity index is 706. The Labute approximate surface area is 146 Å². The number of hydrogen-bond donors (Lipinski definition) is 1. The smallest absolute Gasteiger partial charge is 0.317 e. The molecule has 0 bridgehead atoms. The van der Waals surface area contributed by atoms with Gasteiger partial charge >= 0.3 is 6.03 Å². The van der Waals surface area contributed by atoms with Gasteiger partial charge in [-0.2, -0.15) is 5.10 Å². The molecule has 1 fully saturated rings. The Morgan fingerprint density at radius 3 is 2.80 bits per heavy atom. The molecule has 3 rings (SSSR count). The van der Waals surface area contributed by atoms with Crippen LogP contribution < -0.4 is 10.1 Å². The van der Waals surface area contributed by atoms with Crippen LogP contribution in [0, 0.1) is 12.7 Å². The van der Waals surface area contributed by atoms with Gasteiger partial charge in [0.05, 0.1) is 12.2 Å². The van der Waals surface area contributed by atoms with E-state index in [0.29, 0.717) is 25.5 Å². The number of carbonyl (C=O) groups excluding carboxylic acids is 1. The lowest BCUT2D eigenvalue weighted by molar-refractivity contribution is 0.0968. The highest BCUT2D eigenvalue weighted by atomic mass is 19.1. The molecule has 0 aliphatic carbocycles. The van der Waals surface area contributed by atoms with E-state index in [1.165, 1.54) is 12.1 Å². The van der Waals surface area contributed by atoms with E-state index in [-0.39, 0.29) is 18.0 Å². The van der Waals surface area contributed by atoms with E-state index in [2.05, 4.69) is 15.5 Å². The molecule has 0 unspecified atom stereocenters. The van der Waals surface area contributed by atoms with Crippen LogP contribution in [0.25, 0.3) is 0 Å². The Balaban J connectivity index is 1.50. The third-order valence-corrected chi connectivity index (χ3v) is 4.08. The van der Waals surface area contributed by atoms with Crippen molar-refractivity contribution in [2.45, 2.75) is 32.4 Å². The summed E-state index contributed by atoms with van der Waals surface area (Å²) in [5, 5.41) is 10.8. The second-order valence-electron chi connectivity index (χ2n) is 6.13. The first-order chi connectivity index (χ1) is 12.1. The van der Waals surface area contributed by atoms with Crippen molar-refractivity contribution in [1.29, 1.82) is 0 Å². The fourth-order valence-corrected chi connectivity index (χ4v) is 2.73. The zero-order chi connectivity index (χ0) is 17.6. The number of halogens is 1. The van der Waals surface area contributed by atoms with E-state index in [9.17, 15) is 9.18 Å². The van der Waals surface area contributed by atoms with Gasteiger partial charge in [0.25, 0.3) is 0 Å². The van der Waals surface area contributed by atoms with Gasteiger partial charge < -0.3 is 15.0 Å². The molecule has 1 aliphatic rings. The summed E-state index contributed by atoms with van der Waals surface area (Å²) in [6.45, 7) is 3.43. The van der Waals surface area contributed by atoms with Crippen LogP contribution in [0.3, 0.4) is 0 Å². The predicted molar refractivity (Wildman–Crippen MR) is 90.6 cm³/mol. The molecule has 6 nitrogen and oxygen atoms in total. The number of benzene rings is 1. The van der Waals surface area contributed by atoms with E-state index < -0.39 is 0 Å². The number of rotatable bonds is 4. The monoisotopic (exact) mass is 344 g/mol. The van der Waals surface area contributed by atoms with Gasteiger partial charge in [-0.15, -0.1) is 5.10 Å². The Morgan fingerprint density at radius 1 is 1.28 bits per heavy atom. The number of piperidine rings is 1. The fourth-order valence-electron chi connectivity index (χ4n) is 2.73. The molecule has 2 heterocycles. The second-order valence-corrected chi connectivity index (χ2v) is 6.13. The molecule has 7 heteroatoms. The number of nitrogens with one attached hydrogen (secondary N) is 1. The highest BCUT2D eigenvalue weighted by Crippen LogP contribution is 2.16. The van der Waals surface area contributed by atoms with Crippen molar-refractivity contribution in [2.24, 2.45) is 0 Å². The number of hydrogen-bond acceptors (Lipinski definition) is 4. The van der Waals surface area contributed by atoms with Gasteiger partial charge in [0.1, 0.15) is 11.9 Å². The summed E-state index contributed by atoms with van der Waals surface area (Å²) < 4.78 is 18.7. The summed E-state index contributed by atoms with van der Waals surface area (Å²) in [5.74, 6) is 0.189. The van der Waals surface area contributed by atoms with E-state index in [1.807, 2.05) is 13.0 Å². The number of nitrogens with zero attached hydrogens (tertiary/aromatic N) is 3. The number of carbonyl (C=O) groups is 1. The Kier molecular flexibility index (Phi) is 5.42. The summed E-state index contributed by atoms with van der Waals surface area (Å²) in [6.07, 6.45) is 1.65. The van der Waals surface area contributed by atoms with Crippen molar-refractivity contribution in [3.63, 3.8) is 0 Å². The van der Waals surface area contributed by atoms with Crippen LogP contribution in [-0.4, -0.2) is 40.3 Å². The van der Waals surface area contributed by atoms with Crippen LogP contribution in [0.5, 0.6) is 5.88 Å². The first-order valence-corrected chi connectivity index (χ1v) is 8.34. The van der Waals surface area contributed by atoms with Gasteiger partial charge in [0.2, 0.25) is 5.88 Å². The molecule has 1 N–H and O–H groups in total. The maximum absolute atomic E-state index is 12.9. The van der Waals surface area contributed by atoms with Crippen LogP contribution in [0.1, 0.15) is 24.1 Å². The van der Waals surface area contributed by atoms with Gasteiger partial charge in [0.15, 0.2) is 0 Å². The lowest BCUT2D eigenvalue weighted by Crippen LogP contribution is -2.48. The minimum Gasteiger partial charge on any atom is -0.471 e. The van der Waals surface area contributed by atoms with Crippen LogP contribution >= 0.6 is 0 Å². The summed E-state index contributed by atoms with van der Waals surface area (Å²) in [6, 6.07) is 9.58. The lowest BCUT2D eigenvalue weighted by Gasteiger charge is -2.32. The van der Waals surface area contributed by atoms with Crippen molar-refractivity contribution in [1.82, 2.24) is 20.4 Å². The number of amides is 2. The molecule has 2 aromatic rings. The molecule has 25 heavy (non-hydrogen) atoms. The van der Waals surface area contributed by atoms with E-state index in [1.54, 1.807) is 23.1 Å². The molecular formula is C18H21FN4O2.